The molecule has 0 saturated heterocycles. The van der Waals surface area contributed by atoms with Crippen molar-refractivity contribution in [2.75, 3.05) is 11.1 Å². The van der Waals surface area contributed by atoms with Gasteiger partial charge in [0, 0.05) is 11.1 Å². The molecular weight excluding hydrogens is 240 g/mol. The summed E-state index contributed by atoms with van der Waals surface area (Å²) in [4.78, 5) is 8.04. The van der Waals surface area contributed by atoms with Gasteiger partial charge in [-0.3, -0.25) is 0 Å². The van der Waals surface area contributed by atoms with Crippen LogP contribution in [0.4, 0.5) is 5.95 Å². The van der Waals surface area contributed by atoms with E-state index in [2.05, 4.69) is 15.3 Å². The van der Waals surface area contributed by atoms with E-state index in [4.69, 9.17) is 5.26 Å². The average molecular weight is 250 g/mol. The Morgan fingerprint density at radius 1 is 1.53 bits per heavy atom. The first-order chi connectivity index (χ1) is 7.98. The molecule has 1 aromatic heterocycles. The highest BCUT2D eigenvalue weighted by Crippen LogP contribution is 2.13. The van der Waals surface area contributed by atoms with Gasteiger partial charge in [0.05, 0.1) is 11.8 Å². The maximum absolute atomic E-state index is 11.2. The van der Waals surface area contributed by atoms with E-state index in [1.165, 1.54) is 5.41 Å². The number of nitrogens with zero attached hydrogens (tertiary/aromatic N) is 3. The van der Waals surface area contributed by atoms with Crippen LogP contribution in [-0.4, -0.2) is 30.2 Å². The third kappa shape index (κ3) is 2.79. The third-order valence-corrected chi connectivity index (χ3v) is 3.61. The van der Waals surface area contributed by atoms with Crippen molar-refractivity contribution in [3.8, 4) is 6.07 Å². The zero-order valence-electron chi connectivity index (χ0n) is 9.08. The topological polar surface area (TPSA) is 95.7 Å². The number of hydrogen-bond acceptors (Lipinski definition) is 6. The lowest BCUT2D eigenvalue weighted by atomic mass is 10.3. The van der Waals surface area contributed by atoms with Crippen molar-refractivity contribution in [2.45, 2.75) is 13.0 Å². The number of anilines is 1. The summed E-state index contributed by atoms with van der Waals surface area (Å²) in [5.74, 6) is 0.264. The molecular formula is C10H10N4O2S. The minimum atomic E-state index is -3.10. The summed E-state index contributed by atoms with van der Waals surface area (Å²) < 4.78 is 22.4. The number of sulfone groups is 1. The van der Waals surface area contributed by atoms with Gasteiger partial charge in [-0.15, -0.1) is 0 Å². The molecule has 0 aliphatic carbocycles. The predicted molar refractivity (Wildman–Crippen MR) is 61.8 cm³/mol. The maximum atomic E-state index is 11.2. The summed E-state index contributed by atoms with van der Waals surface area (Å²) in [5.41, 5.74) is 0.911. The molecule has 6 nitrogen and oxygen atoms in total. The number of aryl methyl sites for hydroxylation is 1. The van der Waals surface area contributed by atoms with Crippen LogP contribution in [0.2, 0.25) is 0 Å². The van der Waals surface area contributed by atoms with Gasteiger partial charge < -0.3 is 5.32 Å². The molecule has 0 spiro atoms. The van der Waals surface area contributed by atoms with E-state index >= 15 is 0 Å². The van der Waals surface area contributed by atoms with Crippen molar-refractivity contribution < 1.29 is 8.42 Å². The van der Waals surface area contributed by atoms with Gasteiger partial charge in [0.2, 0.25) is 5.95 Å². The first-order valence-electron chi connectivity index (χ1n) is 4.92. The van der Waals surface area contributed by atoms with Crippen LogP contribution in [0, 0.1) is 18.3 Å². The van der Waals surface area contributed by atoms with E-state index in [-0.39, 0.29) is 23.4 Å². The Kier molecular flexibility index (Phi) is 2.81. The first kappa shape index (κ1) is 11.5. The lowest BCUT2D eigenvalue weighted by molar-refractivity contribution is 0.605. The average Bonchev–Trinajstić information content (AvgIpc) is 2.57. The van der Waals surface area contributed by atoms with Crippen molar-refractivity contribution in [1.29, 1.82) is 5.26 Å². The number of nitrogens with one attached hydrogen (secondary N) is 1. The standard InChI is InChI=1S/C10H10N4O2S/c1-7-4-9(5-11)14-10(12-7)13-8-2-3-17(15,16)6-8/h2-4,8H,6H2,1H3,(H,12,13,14). The zero-order valence-corrected chi connectivity index (χ0v) is 9.90. The monoisotopic (exact) mass is 250 g/mol. The van der Waals surface area contributed by atoms with Gasteiger partial charge in [0.15, 0.2) is 9.84 Å². The fourth-order valence-electron chi connectivity index (χ4n) is 1.52. The van der Waals surface area contributed by atoms with E-state index in [0.717, 1.165) is 0 Å². The van der Waals surface area contributed by atoms with Crippen molar-refractivity contribution in [1.82, 2.24) is 9.97 Å². The van der Waals surface area contributed by atoms with Crippen LogP contribution in [0.25, 0.3) is 0 Å². The summed E-state index contributed by atoms with van der Waals surface area (Å²) in [6.45, 7) is 1.74. The summed E-state index contributed by atoms with van der Waals surface area (Å²) in [7, 11) is -3.10. The molecule has 0 bridgehead atoms. The molecule has 0 amide bonds. The minimum absolute atomic E-state index is 0.00775. The maximum Gasteiger partial charge on any atom is 0.224 e. The van der Waals surface area contributed by atoms with Crippen molar-refractivity contribution in [3.63, 3.8) is 0 Å². The molecule has 1 aromatic rings. The second-order valence-corrected chi connectivity index (χ2v) is 5.67. The number of nitriles is 1. The molecule has 0 radical (unpaired) electrons. The van der Waals surface area contributed by atoms with E-state index in [1.54, 1.807) is 19.1 Å². The van der Waals surface area contributed by atoms with Gasteiger partial charge in [-0.1, -0.05) is 0 Å². The SMILES string of the molecule is Cc1cc(C#N)nc(NC2C=CS(=O)(=O)C2)n1. The van der Waals surface area contributed by atoms with Crippen molar-refractivity contribution in [2.24, 2.45) is 0 Å². The lowest BCUT2D eigenvalue weighted by Gasteiger charge is -2.09. The van der Waals surface area contributed by atoms with Gasteiger partial charge >= 0.3 is 0 Å². The van der Waals surface area contributed by atoms with Gasteiger partial charge in [0.1, 0.15) is 11.8 Å². The van der Waals surface area contributed by atoms with E-state index in [0.29, 0.717) is 5.69 Å². The van der Waals surface area contributed by atoms with Crippen LogP contribution in [0.15, 0.2) is 17.6 Å². The highest BCUT2D eigenvalue weighted by atomic mass is 32.2. The molecule has 2 rings (SSSR count). The molecule has 2 heterocycles. The largest absolute Gasteiger partial charge is 0.347 e. The first-order valence-corrected chi connectivity index (χ1v) is 6.63. The highest BCUT2D eigenvalue weighted by Gasteiger charge is 2.22. The van der Waals surface area contributed by atoms with Gasteiger partial charge in [0.25, 0.3) is 0 Å². The summed E-state index contributed by atoms with van der Waals surface area (Å²) in [6.07, 6.45) is 1.55. The molecule has 17 heavy (non-hydrogen) atoms. The summed E-state index contributed by atoms with van der Waals surface area (Å²) >= 11 is 0. The summed E-state index contributed by atoms with van der Waals surface area (Å²) in [5, 5.41) is 12.8. The Morgan fingerprint density at radius 3 is 2.88 bits per heavy atom. The molecule has 7 heteroatoms. The fourth-order valence-corrected chi connectivity index (χ4v) is 2.76. The second kappa shape index (κ2) is 4.14. The number of aromatic nitrogens is 2. The van der Waals surface area contributed by atoms with E-state index in [1.807, 2.05) is 6.07 Å². The lowest BCUT2D eigenvalue weighted by Crippen LogP contribution is -2.22. The quantitative estimate of drug-likeness (QED) is 0.815. The van der Waals surface area contributed by atoms with Crippen LogP contribution in [-0.2, 0) is 9.84 Å². The van der Waals surface area contributed by atoms with Gasteiger partial charge in [-0.2, -0.15) is 5.26 Å². The molecule has 1 aliphatic heterocycles. The smallest absolute Gasteiger partial charge is 0.224 e. The van der Waals surface area contributed by atoms with Crippen LogP contribution in [0.3, 0.4) is 0 Å². The van der Waals surface area contributed by atoms with Crippen LogP contribution < -0.4 is 5.32 Å². The Labute approximate surface area is 98.9 Å². The number of rotatable bonds is 2. The molecule has 1 unspecified atom stereocenters. The van der Waals surface area contributed by atoms with Crippen LogP contribution in [0.5, 0.6) is 0 Å². The van der Waals surface area contributed by atoms with Crippen LogP contribution in [0.1, 0.15) is 11.4 Å². The van der Waals surface area contributed by atoms with E-state index in [9.17, 15) is 8.42 Å². The van der Waals surface area contributed by atoms with Gasteiger partial charge in [-0.05, 0) is 19.1 Å². The molecule has 1 aliphatic rings. The molecule has 0 fully saturated rings. The zero-order chi connectivity index (χ0) is 12.5. The van der Waals surface area contributed by atoms with Crippen molar-refractivity contribution >= 4 is 15.8 Å². The number of hydrogen-bond donors (Lipinski definition) is 1. The van der Waals surface area contributed by atoms with Gasteiger partial charge in [-0.25, -0.2) is 18.4 Å². The Hall–Kier alpha value is -1.94. The highest BCUT2D eigenvalue weighted by molar-refractivity contribution is 7.94. The van der Waals surface area contributed by atoms with Crippen molar-refractivity contribution in [3.05, 3.63) is 28.9 Å². The summed E-state index contributed by atoms with van der Waals surface area (Å²) in [6, 6.07) is 3.14. The minimum Gasteiger partial charge on any atom is -0.347 e. The molecule has 88 valence electrons. The Bertz CT molecular complexity index is 616. The van der Waals surface area contributed by atoms with Crippen LogP contribution >= 0.6 is 0 Å². The Balaban J connectivity index is 2.18. The predicted octanol–water partition coefficient (Wildman–Crippen LogP) is 0.379. The fraction of sp³-hybridized carbons (Fsp3) is 0.300. The normalized spacial score (nSPS) is 21.1. The third-order valence-electron chi connectivity index (χ3n) is 2.21. The molecule has 0 saturated carbocycles. The molecule has 1 N–H and O–H groups in total. The van der Waals surface area contributed by atoms with E-state index < -0.39 is 9.84 Å². The Morgan fingerprint density at radius 2 is 2.29 bits per heavy atom. The second-order valence-electron chi connectivity index (χ2n) is 3.74. The molecule has 0 aromatic carbocycles. The molecule has 1 atom stereocenters.